The Morgan fingerprint density at radius 2 is 1.62 bits per heavy atom. The van der Waals surface area contributed by atoms with Gasteiger partial charge in [0.15, 0.2) is 17.3 Å². The zero-order valence-corrected chi connectivity index (χ0v) is 15.8. The molecule has 0 unspecified atom stereocenters. The fourth-order valence-electron chi connectivity index (χ4n) is 2.76. The lowest BCUT2D eigenvalue weighted by Crippen LogP contribution is -1.94. The summed E-state index contributed by atoms with van der Waals surface area (Å²) in [5.74, 6) is 1.99. The predicted octanol–water partition coefficient (Wildman–Crippen LogP) is 4.15. The molecule has 132 valence electrons. The van der Waals surface area contributed by atoms with Crippen LogP contribution in [0.15, 0.2) is 36.4 Å². The van der Waals surface area contributed by atoms with Crippen LogP contribution in [0.3, 0.4) is 0 Å². The zero-order valence-electron chi connectivity index (χ0n) is 15.0. The fourth-order valence-corrected chi connectivity index (χ4v) is 3.60. The minimum absolute atomic E-state index is 0.645. The summed E-state index contributed by atoms with van der Waals surface area (Å²) in [5.41, 5.74) is 4.46. The number of hydrogen-bond donors (Lipinski definition) is 0. The van der Waals surface area contributed by atoms with Crippen molar-refractivity contribution < 1.29 is 9.47 Å². The third-order valence-corrected chi connectivity index (χ3v) is 5.33. The Morgan fingerprint density at radius 3 is 2.35 bits per heavy atom. The van der Waals surface area contributed by atoms with Crippen LogP contribution in [0.4, 0.5) is 0 Å². The molecule has 0 spiro atoms. The molecule has 0 bridgehead atoms. The molecule has 0 N–H and O–H groups in total. The van der Waals surface area contributed by atoms with E-state index in [0.29, 0.717) is 17.3 Å². The lowest BCUT2D eigenvalue weighted by Gasteiger charge is -2.08. The van der Waals surface area contributed by atoms with Gasteiger partial charge in [0.25, 0.3) is 0 Å². The average molecular weight is 366 g/mol. The molecule has 0 radical (unpaired) electrons. The van der Waals surface area contributed by atoms with Gasteiger partial charge in [0.2, 0.25) is 4.96 Å². The van der Waals surface area contributed by atoms with Crippen LogP contribution in [0, 0.1) is 13.8 Å². The molecule has 4 rings (SSSR count). The van der Waals surface area contributed by atoms with Crippen molar-refractivity contribution in [3.8, 4) is 33.5 Å². The van der Waals surface area contributed by atoms with Gasteiger partial charge in [-0.05, 0) is 49.2 Å². The van der Waals surface area contributed by atoms with E-state index in [1.54, 1.807) is 18.7 Å². The zero-order chi connectivity index (χ0) is 18.3. The number of aromatic nitrogens is 4. The molecule has 2 aromatic carbocycles. The molecule has 2 aromatic heterocycles. The van der Waals surface area contributed by atoms with Gasteiger partial charge < -0.3 is 9.47 Å². The second kappa shape index (κ2) is 6.42. The Balaban J connectivity index is 1.80. The van der Waals surface area contributed by atoms with Crippen LogP contribution in [-0.4, -0.2) is 34.0 Å². The molecule has 2 heterocycles. The highest BCUT2D eigenvalue weighted by atomic mass is 32.1. The smallest absolute Gasteiger partial charge is 0.235 e. The second-order valence-electron chi connectivity index (χ2n) is 5.99. The largest absolute Gasteiger partial charge is 0.493 e. The van der Waals surface area contributed by atoms with Crippen molar-refractivity contribution in [2.75, 3.05) is 14.2 Å². The lowest BCUT2D eigenvalue weighted by atomic mass is 10.1. The molecule has 4 aromatic rings. The number of rotatable bonds is 4. The Labute approximate surface area is 155 Å². The van der Waals surface area contributed by atoms with Crippen molar-refractivity contribution in [2.24, 2.45) is 0 Å². The summed E-state index contributed by atoms with van der Waals surface area (Å²) in [6.07, 6.45) is 0. The number of fused-ring (bicyclic) bond motifs is 1. The topological polar surface area (TPSA) is 61.5 Å². The summed E-state index contributed by atoms with van der Waals surface area (Å²) in [6, 6.07) is 12.0. The predicted molar refractivity (Wildman–Crippen MR) is 102 cm³/mol. The van der Waals surface area contributed by atoms with Gasteiger partial charge in [-0.1, -0.05) is 23.5 Å². The quantitative estimate of drug-likeness (QED) is 0.543. The van der Waals surface area contributed by atoms with Crippen LogP contribution in [0.1, 0.15) is 11.1 Å². The van der Waals surface area contributed by atoms with Crippen LogP contribution in [-0.2, 0) is 0 Å². The number of methoxy groups -OCH3 is 2. The Hall–Kier alpha value is -2.93. The van der Waals surface area contributed by atoms with Crippen LogP contribution in [0.25, 0.3) is 26.9 Å². The highest BCUT2D eigenvalue weighted by Crippen LogP contribution is 2.33. The summed E-state index contributed by atoms with van der Waals surface area (Å²) in [6.45, 7) is 4.21. The van der Waals surface area contributed by atoms with E-state index < -0.39 is 0 Å². The number of aryl methyl sites for hydroxylation is 2. The van der Waals surface area contributed by atoms with Gasteiger partial charge in [0.1, 0.15) is 5.01 Å². The molecule has 0 saturated heterocycles. The summed E-state index contributed by atoms with van der Waals surface area (Å²) in [7, 11) is 3.23. The van der Waals surface area contributed by atoms with Gasteiger partial charge in [-0.15, -0.1) is 10.2 Å². The molecule has 0 aliphatic carbocycles. The molecule has 0 aliphatic rings. The van der Waals surface area contributed by atoms with E-state index in [1.807, 2.05) is 18.2 Å². The molecule has 0 saturated carbocycles. The first-order chi connectivity index (χ1) is 12.6. The second-order valence-corrected chi connectivity index (χ2v) is 6.95. The van der Waals surface area contributed by atoms with Gasteiger partial charge in [-0.3, -0.25) is 0 Å². The van der Waals surface area contributed by atoms with E-state index in [0.717, 1.165) is 21.1 Å². The van der Waals surface area contributed by atoms with E-state index in [1.165, 1.54) is 22.5 Å². The summed E-state index contributed by atoms with van der Waals surface area (Å²) < 4.78 is 12.5. The molecular weight excluding hydrogens is 348 g/mol. The average Bonchev–Trinajstić information content (AvgIpc) is 3.24. The molecule has 0 amide bonds. The third-order valence-electron chi connectivity index (χ3n) is 4.39. The van der Waals surface area contributed by atoms with Crippen LogP contribution in [0.5, 0.6) is 11.5 Å². The van der Waals surface area contributed by atoms with Gasteiger partial charge in [0.05, 0.1) is 14.2 Å². The van der Waals surface area contributed by atoms with Gasteiger partial charge in [0, 0.05) is 11.1 Å². The molecular formula is C19H18N4O2S. The minimum Gasteiger partial charge on any atom is -0.493 e. The molecule has 26 heavy (non-hydrogen) atoms. The molecule has 0 atom stereocenters. The van der Waals surface area contributed by atoms with Gasteiger partial charge >= 0.3 is 0 Å². The Kier molecular flexibility index (Phi) is 4.08. The van der Waals surface area contributed by atoms with Crippen molar-refractivity contribution in [3.63, 3.8) is 0 Å². The Morgan fingerprint density at radius 1 is 0.846 bits per heavy atom. The highest BCUT2D eigenvalue weighted by molar-refractivity contribution is 7.19. The minimum atomic E-state index is 0.645. The summed E-state index contributed by atoms with van der Waals surface area (Å²) >= 11 is 1.52. The first-order valence-electron chi connectivity index (χ1n) is 8.13. The van der Waals surface area contributed by atoms with Crippen LogP contribution >= 0.6 is 11.3 Å². The monoisotopic (exact) mass is 366 g/mol. The SMILES string of the molecule is COc1ccc(-c2nnc3sc(-c4ccc(C)c(C)c4)nn23)cc1OC. The van der Waals surface area contributed by atoms with Crippen LogP contribution < -0.4 is 9.47 Å². The summed E-state index contributed by atoms with van der Waals surface area (Å²) in [4.78, 5) is 0.753. The van der Waals surface area contributed by atoms with Gasteiger partial charge in [-0.25, -0.2) is 0 Å². The number of nitrogens with zero attached hydrogens (tertiary/aromatic N) is 4. The number of benzene rings is 2. The van der Waals surface area contributed by atoms with E-state index in [-0.39, 0.29) is 0 Å². The maximum Gasteiger partial charge on any atom is 0.235 e. The van der Waals surface area contributed by atoms with Crippen molar-refractivity contribution in [3.05, 3.63) is 47.5 Å². The normalized spacial score (nSPS) is 11.1. The molecule has 7 heteroatoms. The van der Waals surface area contributed by atoms with Crippen molar-refractivity contribution >= 4 is 16.3 Å². The molecule has 0 fully saturated rings. The van der Waals surface area contributed by atoms with Gasteiger partial charge in [-0.2, -0.15) is 9.61 Å². The summed E-state index contributed by atoms with van der Waals surface area (Å²) in [5, 5.41) is 14.2. The molecule has 6 nitrogen and oxygen atoms in total. The number of hydrogen-bond acceptors (Lipinski definition) is 6. The van der Waals surface area contributed by atoms with Crippen molar-refractivity contribution in [1.29, 1.82) is 0 Å². The van der Waals surface area contributed by atoms with E-state index >= 15 is 0 Å². The van der Waals surface area contributed by atoms with Crippen molar-refractivity contribution in [1.82, 2.24) is 19.8 Å². The van der Waals surface area contributed by atoms with E-state index in [2.05, 4.69) is 42.2 Å². The van der Waals surface area contributed by atoms with E-state index in [4.69, 9.17) is 14.6 Å². The van der Waals surface area contributed by atoms with Crippen LogP contribution in [0.2, 0.25) is 0 Å². The first-order valence-corrected chi connectivity index (χ1v) is 8.94. The maximum atomic E-state index is 5.39. The fraction of sp³-hybridized carbons (Fsp3) is 0.211. The third kappa shape index (κ3) is 2.70. The molecule has 0 aliphatic heterocycles. The number of ether oxygens (including phenoxy) is 2. The maximum absolute atomic E-state index is 5.39. The lowest BCUT2D eigenvalue weighted by molar-refractivity contribution is 0.355. The van der Waals surface area contributed by atoms with Crippen molar-refractivity contribution in [2.45, 2.75) is 13.8 Å². The van der Waals surface area contributed by atoms with E-state index in [9.17, 15) is 0 Å². The highest BCUT2D eigenvalue weighted by Gasteiger charge is 2.16. The first kappa shape index (κ1) is 16.5. The Bertz CT molecular complexity index is 1100. The standard InChI is InChI=1S/C19H18N4O2S/c1-11-5-6-14(9-12(11)2)18-22-23-17(20-21-19(23)26-18)13-7-8-15(24-3)16(10-13)25-4/h5-10H,1-4H3.